The number of benzene rings is 2. The number of nitrogens with one attached hydrogen (secondary N) is 1. The molecule has 0 radical (unpaired) electrons. The van der Waals surface area contributed by atoms with Gasteiger partial charge in [0.05, 0.1) is 7.11 Å². The second kappa shape index (κ2) is 6.53. The van der Waals surface area contributed by atoms with Crippen LogP contribution in [0.2, 0.25) is 0 Å². The Morgan fingerprint density at radius 1 is 1.14 bits per heavy atom. The predicted octanol–water partition coefficient (Wildman–Crippen LogP) is 3.95. The van der Waals surface area contributed by atoms with E-state index in [9.17, 15) is 0 Å². The van der Waals surface area contributed by atoms with Gasteiger partial charge in [-0.05, 0) is 56.0 Å². The van der Waals surface area contributed by atoms with Crippen molar-refractivity contribution in [1.82, 2.24) is 5.32 Å². The molecular weight excluding hydrogens is 270 g/mol. The lowest BCUT2D eigenvalue weighted by atomic mass is 9.66. The van der Waals surface area contributed by atoms with Crippen molar-refractivity contribution < 1.29 is 4.74 Å². The van der Waals surface area contributed by atoms with Crippen LogP contribution >= 0.6 is 0 Å². The average molecular weight is 295 g/mol. The zero-order chi connectivity index (χ0) is 15.4. The fourth-order valence-electron chi connectivity index (χ4n) is 3.77. The first kappa shape index (κ1) is 15.1. The van der Waals surface area contributed by atoms with Crippen molar-refractivity contribution in [3.05, 3.63) is 65.7 Å². The molecule has 1 aliphatic heterocycles. The van der Waals surface area contributed by atoms with Crippen LogP contribution in [0.3, 0.4) is 0 Å². The molecule has 0 aromatic heterocycles. The molecule has 0 saturated carbocycles. The van der Waals surface area contributed by atoms with Crippen LogP contribution in [0.15, 0.2) is 54.6 Å². The Morgan fingerprint density at radius 2 is 1.95 bits per heavy atom. The first-order valence-electron chi connectivity index (χ1n) is 8.16. The van der Waals surface area contributed by atoms with E-state index >= 15 is 0 Å². The molecule has 0 bridgehead atoms. The summed E-state index contributed by atoms with van der Waals surface area (Å²) in [5, 5.41) is 3.69. The number of hydrogen-bond acceptors (Lipinski definition) is 2. The molecule has 0 aliphatic carbocycles. The fourth-order valence-corrected chi connectivity index (χ4v) is 3.77. The van der Waals surface area contributed by atoms with E-state index in [0.29, 0.717) is 6.04 Å². The third-order valence-electron chi connectivity index (χ3n) is 5.09. The van der Waals surface area contributed by atoms with E-state index in [4.69, 9.17) is 4.74 Å². The molecule has 1 heterocycles. The Labute approximate surface area is 133 Å². The van der Waals surface area contributed by atoms with Crippen molar-refractivity contribution >= 4 is 0 Å². The highest BCUT2D eigenvalue weighted by Crippen LogP contribution is 2.39. The topological polar surface area (TPSA) is 21.3 Å². The van der Waals surface area contributed by atoms with Gasteiger partial charge in [-0.1, -0.05) is 42.5 Å². The molecule has 2 nitrogen and oxygen atoms in total. The predicted molar refractivity (Wildman–Crippen MR) is 91.5 cm³/mol. The van der Waals surface area contributed by atoms with E-state index in [2.05, 4.69) is 60.8 Å². The number of rotatable bonds is 4. The Hall–Kier alpha value is -1.80. The second-order valence-electron chi connectivity index (χ2n) is 6.33. The Kier molecular flexibility index (Phi) is 4.49. The maximum Gasteiger partial charge on any atom is 0.119 e. The third kappa shape index (κ3) is 2.89. The highest BCUT2D eigenvalue weighted by atomic mass is 16.5. The standard InChI is InChI=1S/C20H25NO/c1-16-20(12-7-13-21-16,15-17-8-4-3-5-9-17)18-10-6-11-19(14-18)22-2/h3-6,8-11,14,16,21H,7,12-13,15H2,1-2H3. The quantitative estimate of drug-likeness (QED) is 0.922. The third-order valence-corrected chi connectivity index (χ3v) is 5.09. The SMILES string of the molecule is COc1cccc(C2(Cc3ccccc3)CCCNC2C)c1. The molecule has 3 rings (SSSR count). The van der Waals surface area contributed by atoms with Crippen molar-refractivity contribution in [2.24, 2.45) is 0 Å². The fraction of sp³-hybridized carbons (Fsp3) is 0.400. The van der Waals surface area contributed by atoms with Gasteiger partial charge >= 0.3 is 0 Å². The minimum atomic E-state index is 0.133. The molecule has 2 aromatic carbocycles. The molecule has 2 atom stereocenters. The maximum atomic E-state index is 5.46. The summed E-state index contributed by atoms with van der Waals surface area (Å²) in [5.41, 5.74) is 2.92. The lowest BCUT2D eigenvalue weighted by Gasteiger charge is -2.44. The van der Waals surface area contributed by atoms with Crippen LogP contribution in [0, 0.1) is 0 Å². The smallest absolute Gasteiger partial charge is 0.119 e. The van der Waals surface area contributed by atoms with Crippen LogP contribution in [0.5, 0.6) is 5.75 Å². The second-order valence-corrected chi connectivity index (χ2v) is 6.33. The van der Waals surface area contributed by atoms with Gasteiger partial charge in [0.15, 0.2) is 0 Å². The van der Waals surface area contributed by atoms with E-state index < -0.39 is 0 Å². The van der Waals surface area contributed by atoms with E-state index in [0.717, 1.165) is 18.7 Å². The zero-order valence-electron chi connectivity index (χ0n) is 13.5. The van der Waals surface area contributed by atoms with Crippen molar-refractivity contribution in [2.45, 2.75) is 37.6 Å². The molecule has 2 unspecified atom stereocenters. The number of hydrogen-bond donors (Lipinski definition) is 1. The monoisotopic (exact) mass is 295 g/mol. The first-order chi connectivity index (χ1) is 10.7. The highest BCUT2D eigenvalue weighted by Gasteiger charge is 2.39. The zero-order valence-corrected chi connectivity index (χ0v) is 13.5. The maximum absolute atomic E-state index is 5.46. The summed E-state index contributed by atoms with van der Waals surface area (Å²) in [5.74, 6) is 0.947. The van der Waals surface area contributed by atoms with Gasteiger partial charge in [0.2, 0.25) is 0 Å². The van der Waals surface area contributed by atoms with Gasteiger partial charge in [-0.25, -0.2) is 0 Å². The minimum absolute atomic E-state index is 0.133. The molecule has 0 spiro atoms. The van der Waals surface area contributed by atoms with Crippen molar-refractivity contribution in [3.63, 3.8) is 0 Å². The van der Waals surface area contributed by atoms with Crippen LogP contribution in [0.25, 0.3) is 0 Å². The summed E-state index contributed by atoms with van der Waals surface area (Å²) in [7, 11) is 1.74. The Bertz CT molecular complexity index is 610. The van der Waals surface area contributed by atoms with E-state index in [1.165, 1.54) is 24.0 Å². The van der Waals surface area contributed by atoms with Crippen LogP contribution in [-0.4, -0.2) is 19.7 Å². The average Bonchev–Trinajstić information content (AvgIpc) is 2.58. The van der Waals surface area contributed by atoms with Crippen LogP contribution in [-0.2, 0) is 11.8 Å². The van der Waals surface area contributed by atoms with E-state index in [-0.39, 0.29) is 5.41 Å². The molecule has 0 amide bonds. The molecule has 116 valence electrons. The number of ether oxygens (including phenoxy) is 1. The van der Waals surface area contributed by atoms with Gasteiger partial charge in [0.25, 0.3) is 0 Å². The summed E-state index contributed by atoms with van der Waals surface area (Å²) in [4.78, 5) is 0. The molecule has 2 heteroatoms. The lowest BCUT2D eigenvalue weighted by Crippen LogP contribution is -2.52. The van der Waals surface area contributed by atoms with Gasteiger partial charge in [-0.15, -0.1) is 0 Å². The van der Waals surface area contributed by atoms with Gasteiger partial charge in [-0.2, -0.15) is 0 Å². The van der Waals surface area contributed by atoms with Crippen LogP contribution in [0.1, 0.15) is 30.9 Å². The largest absolute Gasteiger partial charge is 0.497 e. The molecule has 1 fully saturated rings. The summed E-state index contributed by atoms with van der Waals surface area (Å²) in [6, 6.07) is 19.9. The molecule has 1 saturated heterocycles. The molecule has 1 aliphatic rings. The van der Waals surface area contributed by atoms with Crippen molar-refractivity contribution in [3.8, 4) is 5.75 Å². The summed E-state index contributed by atoms with van der Waals surface area (Å²) < 4.78 is 5.46. The lowest BCUT2D eigenvalue weighted by molar-refractivity contribution is 0.236. The van der Waals surface area contributed by atoms with Gasteiger partial charge in [0, 0.05) is 11.5 Å². The molecule has 22 heavy (non-hydrogen) atoms. The van der Waals surface area contributed by atoms with Gasteiger partial charge in [0.1, 0.15) is 5.75 Å². The Morgan fingerprint density at radius 3 is 2.68 bits per heavy atom. The normalized spacial score (nSPS) is 24.9. The summed E-state index contributed by atoms with van der Waals surface area (Å²) in [6.07, 6.45) is 3.49. The number of piperidine rings is 1. The Balaban J connectivity index is 2.02. The summed E-state index contributed by atoms with van der Waals surface area (Å²) in [6.45, 7) is 3.43. The highest BCUT2D eigenvalue weighted by molar-refractivity contribution is 5.37. The van der Waals surface area contributed by atoms with Gasteiger partial charge in [-0.3, -0.25) is 0 Å². The number of methoxy groups -OCH3 is 1. The molecular formula is C20H25NO. The summed E-state index contributed by atoms with van der Waals surface area (Å²) >= 11 is 0. The first-order valence-corrected chi connectivity index (χ1v) is 8.16. The van der Waals surface area contributed by atoms with E-state index in [1.807, 2.05) is 6.07 Å². The van der Waals surface area contributed by atoms with Crippen molar-refractivity contribution in [1.29, 1.82) is 0 Å². The molecule has 1 N–H and O–H groups in total. The van der Waals surface area contributed by atoms with E-state index in [1.54, 1.807) is 7.11 Å². The van der Waals surface area contributed by atoms with Crippen molar-refractivity contribution in [2.75, 3.05) is 13.7 Å². The minimum Gasteiger partial charge on any atom is -0.497 e. The van der Waals surface area contributed by atoms with Crippen LogP contribution < -0.4 is 10.1 Å². The van der Waals surface area contributed by atoms with Crippen LogP contribution in [0.4, 0.5) is 0 Å². The van der Waals surface area contributed by atoms with Gasteiger partial charge < -0.3 is 10.1 Å². The molecule has 2 aromatic rings.